The van der Waals surface area contributed by atoms with Crippen molar-refractivity contribution >= 4 is 17.7 Å². The highest BCUT2D eigenvalue weighted by molar-refractivity contribution is 6.39. The van der Waals surface area contributed by atoms with Gasteiger partial charge in [0.2, 0.25) is 5.79 Å². The van der Waals surface area contributed by atoms with E-state index in [1.54, 1.807) is 13.8 Å². The highest BCUT2D eigenvalue weighted by Gasteiger charge is 2.50. The van der Waals surface area contributed by atoms with Gasteiger partial charge in [0.1, 0.15) is 6.04 Å². The lowest BCUT2D eigenvalue weighted by Crippen LogP contribution is -2.59. The Kier molecular flexibility index (Phi) is 12.4. The molecule has 0 spiro atoms. The van der Waals surface area contributed by atoms with Crippen LogP contribution < -0.4 is 0 Å². The molecular weight excluding hydrogens is 362 g/mol. The summed E-state index contributed by atoms with van der Waals surface area (Å²) in [5, 5.41) is 10.5. The van der Waals surface area contributed by atoms with Gasteiger partial charge in [0.25, 0.3) is 11.7 Å². The molecule has 7 nitrogen and oxygen atoms in total. The number of hydrogen-bond donors (Lipinski definition) is 1. The number of ether oxygens (including phenoxy) is 2. The van der Waals surface area contributed by atoms with Gasteiger partial charge in [0.05, 0.1) is 13.2 Å². The first-order chi connectivity index (χ1) is 13.3. The Morgan fingerprint density at radius 1 is 1.14 bits per heavy atom. The van der Waals surface area contributed by atoms with Crippen molar-refractivity contribution in [1.82, 2.24) is 4.90 Å². The number of likely N-dealkylation sites (tertiary alicyclic amines) is 1. The maximum Gasteiger partial charge on any atom is 0.328 e. The van der Waals surface area contributed by atoms with Crippen LogP contribution in [0.15, 0.2) is 0 Å². The molecule has 2 saturated heterocycles. The second-order valence-electron chi connectivity index (χ2n) is 6.89. The average Bonchev–Trinajstić information content (AvgIpc) is 2.71. The van der Waals surface area contributed by atoms with Crippen LogP contribution in [0, 0.1) is 18.8 Å². The molecule has 3 atom stereocenters. The van der Waals surface area contributed by atoms with Crippen LogP contribution >= 0.6 is 0 Å². The van der Waals surface area contributed by atoms with Gasteiger partial charge in [0.15, 0.2) is 0 Å². The molecule has 0 bridgehead atoms. The zero-order chi connectivity index (χ0) is 21.7. The molecule has 2 aliphatic heterocycles. The SMILES string of the molecule is C#C.CCC.CCOC(=O)C1CCCCN1C(=O)C(=O)[C@]1(O)OCCC[C@H]1C. The smallest absolute Gasteiger partial charge is 0.328 e. The fourth-order valence-corrected chi connectivity index (χ4v) is 3.19. The number of hydrogen-bond acceptors (Lipinski definition) is 6. The van der Waals surface area contributed by atoms with Crippen LogP contribution in [0.4, 0.5) is 0 Å². The fraction of sp³-hybridized carbons (Fsp3) is 0.762. The molecule has 2 aliphatic rings. The summed E-state index contributed by atoms with van der Waals surface area (Å²) in [5.41, 5.74) is 0. The normalized spacial score (nSPS) is 26.6. The first-order valence-corrected chi connectivity index (χ1v) is 10.0. The first-order valence-electron chi connectivity index (χ1n) is 10.0. The Hall–Kier alpha value is -1.91. The zero-order valence-corrected chi connectivity index (χ0v) is 17.6. The van der Waals surface area contributed by atoms with E-state index < -0.39 is 35.4 Å². The Labute approximate surface area is 168 Å². The zero-order valence-electron chi connectivity index (χ0n) is 17.6. The number of Topliss-reactive ketones (excluding diaryl/α,β-unsaturated/α-hetero) is 1. The highest BCUT2D eigenvalue weighted by Crippen LogP contribution is 2.31. The highest BCUT2D eigenvalue weighted by atomic mass is 16.6. The quantitative estimate of drug-likeness (QED) is 0.444. The van der Waals surface area contributed by atoms with E-state index in [1.165, 1.54) is 11.3 Å². The first kappa shape index (κ1) is 26.1. The average molecular weight is 398 g/mol. The van der Waals surface area contributed by atoms with Gasteiger partial charge < -0.3 is 19.5 Å². The summed E-state index contributed by atoms with van der Waals surface area (Å²) in [7, 11) is 0. The van der Waals surface area contributed by atoms with Crippen molar-refractivity contribution in [1.29, 1.82) is 0 Å². The molecule has 1 unspecified atom stereocenters. The van der Waals surface area contributed by atoms with Gasteiger partial charge in [0, 0.05) is 12.5 Å². The monoisotopic (exact) mass is 397 g/mol. The summed E-state index contributed by atoms with van der Waals surface area (Å²) >= 11 is 0. The second-order valence-corrected chi connectivity index (χ2v) is 6.89. The fourth-order valence-electron chi connectivity index (χ4n) is 3.19. The Morgan fingerprint density at radius 2 is 1.75 bits per heavy atom. The number of nitrogens with zero attached hydrogens (tertiary/aromatic N) is 1. The van der Waals surface area contributed by atoms with Gasteiger partial charge in [-0.15, -0.1) is 12.8 Å². The van der Waals surface area contributed by atoms with E-state index in [2.05, 4.69) is 26.7 Å². The minimum absolute atomic E-state index is 0.218. The van der Waals surface area contributed by atoms with Gasteiger partial charge in [-0.1, -0.05) is 27.2 Å². The molecule has 0 radical (unpaired) electrons. The third-order valence-corrected chi connectivity index (χ3v) is 4.61. The minimum Gasteiger partial charge on any atom is -0.464 e. The van der Waals surface area contributed by atoms with E-state index in [0.717, 1.165) is 12.8 Å². The topological polar surface area (TPSA) is 93.1 Å². The van der Waals surface area contributed by atoms with Gasteiger partial charge >= 0.3 is 5.97 Å². The van der Waals surface area contributed by atoms with Crippen LogP contribution in [0.3, 0.4) is 0 Å². The lowest BCUT2D eigenvalue weighted by molar-refractivity contribution is -0.240. The largest absolute Gasteiger partial charge is 0.464 e. The number of carbonyl (C=O) groups excluding carboxylic acids is 3. The van der Waals surface area contributed by atoms with E-state index in [-0.39, 0.29) is 13.2 Å². The molecule has 28 heavy (non-hydrogen) atoms. The summed E-state index contributed by atoms with van der Waals surface area (Å²) in [6.07, 6.45) is 12.6. The summed E-state index contributed by atoms with van der Waals surface area (Å²) in [5.74, 6) is -4.90. The van der Waals surface area contributed by atoms with Crippen LogP contribution in [0.25, 0.3) is 0 Å². The molecule has 2 fully saturated rings. The Morgan fingerprint density at radius 3 is 2.29 bits per heavy atom. The molecule has 1 amide bonds. The second kappa shape index (κ2) is 13.3. The van der Waals surface area contributed by atoms with Crippen LogP contribution in [-0.2, 0) is 23.9 Å². The number of terminal acetylenes is 1. The molecule has 1 N–H and O–H groups in total. The number of amides is 1. The molecule has 0 saturated carbocycles. The molecule has 160 valence electrons. The summed E-state index contributed by atoms with van der Waals surface area (Å²) in [4.78, 5) is 38.4. The van der Waals surface area contributed by atoms with Crippen LogP contribution in [0.2, 0.25) is 0 Å². The molecule has 2 rings (SSSR count). The number of rotatable bonds is 4. The van der Waals surface area contributed by atoms with Crippen LogP contribution in [0.1, 0.15) is 66.2 Å². The molecular formula is C21H35NO6. The Balaban J connectivity index is 0.00000133. The van der Waals surface area contributed by atoms with E-state index in [9.17, 15) is 19.5 Å². The van der Waals surface area contributed by atoms with Gasteiger partial charge in [-0.25, -0.2) is 4.79 Å². The predicted octanol–water partition coefficient (Wildman–Crippen LogP) is 2.30. The lowest BCUT2D eigenvalue weighted by atomic mass is 9.88. The van der Waals surface area contributed by atoms with Crippen molar-refractivity contribution in [3.05, 3.63) is 0 Å². The molecule has 0 aromatic carbocycles. The van der Waals surface area contributed by atoms with Crippen LogP contribution in [-0.4, -0.2) is 59.3 Å². The van der Waals surface area contributed by atoms with Crippen molar-refractivity contribution in [2.24, 2.45) is 5.92 Å². The molecule has 7 heteroatoms. The maximum absolute atomic E-state index is 12.6. The molecule has 2 heterocycles. The number of piperidine rings is 1. The Bertz CT molecular complexity index is 532. The van der Waals surface area contributed by atoms with E-state index in [0.29, 0.717) is 25.8 Å². The summed E-state index contributed by atoms with van der Waals surface area (Å²) < 4.78 is 10.2. The van der Waals surface area contributed by atoms with Crippen molar-refractivity contribution < 1.29 is 29.0 Å². The van der Waals surface area contributed by atoms with Gasteiger partial charge in [-0.3, -0.25) is 9.59 Å². The van der Waals surface area contributed by atoms with Gasteiger partial charge in [-0.2, -0.15) is 0 Å². The lowest BCUT2D eigenvalue weighted by Gasteiger charge is -2.39. The van der Waals surface area contributed by atoms with Crippen molar-refractivity contribution in [2.45, 2.75) is 78.0 Å². The van der Waals surface area contributed by atoms with E-state index >= 15 is 0 Å². The molecule has 0 aromatic rings. The third kappa shape index (κ3) is 6.61. The van der Waals surface area contributed by atoms with Crippen LogP contribution in [0.5, 0.6) is 0 Å². The number of ketones is 1. The van der Waals surface area contributed by atoms with E-state index in [1.807, 2.05) is 0 Å². The van der Waals surface area contributed by atoms with E-state index in [4.69, 9.17) is 9.47 Å². The van der Waals surface area contributed by atoms with Crippen molar-refractivity contribution in [2.75, 3.05) is 19.8 Å². The summed E-state index contributed by atoms with van der Waals surface area (Å²) in [6.45, 7) is 8.39. The minimum atomic E-state index is -2.09. The van der Waals surface area contributed by atoms with Crippen molar-refractivity contribution in [3.63, 3.8) is 0 Å². The predicted molar refractivity (Wildman–Crippen MR) is 106 cm³/mol. The third-order valence-electron chi connectivity index (χ3n) is 4.61. The number of esters is 1. The maximum atomic E-state index is 12.6. The van der Waals surface area contributed by atoms with Gasteiger partial charge in [-0.05, 0) is 39.0 Å². The number of aliphatic hydroxyl groups is 1. The molecule has 0 aliphatic carbocycles. The number of carbonyl (C=O) groups is 3. The molecule has 0 aromatic heterocycles. The van der Waals surface area contributed by atoms with Crippen molar-refractivity contribution in [3.8, 4) is 12.8 Å². The summed E-state index contributed by atoms with van der Waals surface area (Å²) in [6, 6.07) is -0.761. The standard InChI is InChI=1S/C16H25NO6.C3H8.C2H2/c1-3-22-15(20)12-8-4-5-9-17(12)14(19)13(18)16(21)11(2)7-6-10-23-16;1-3-2;1-2/h11-12,21H,3-10H2,1-2H3;3H2,1-2H3;1-2H/t11-,12?,16-;;/m1../s1.